The van der Waals surface area contributed by atoms with Crippen molar-refractivity contribution in [1.29, 1.82) is 5.26 Å². The van der Waals surface area contributed by atoms with E-state index in [4.69, 9.17) is 5.26 Å². The third kappa shape index (κ3) is 3.19. The van der Waals surface area contributed by atoms with E-state index in [0.717, 1.165) is 0 Å². The molecule has 1 amide bonds. The minimum Gasteiger partial charge on any atom is -0.350 e. The van der Waals surface area contributed by atoms with Crippen LogP contribution < -0.4 is 10.2 Å². The van der Waals surface area contributed by atoms with Gasteiger partial charge in [0.05, 0.1) is 24.1 Å². The molecule has 27 heavy (non-hydrogen) atoms. The highest BCUT2D eigenvalue weighted by Crippen LogP contribution is 2.47. The number of pyridine rings is 1. The number of piperidine rings is 1. The Morgan fingerprint density at radius 2 is 2.19 bits per heavy atom. The predicted molar refractivity (Wildman–Crippen MR) is 92.5 cm³/mol. The maximum absolute atomic E-state index is 13.4. The molecule has 1 aromatic heterocycles. The van der Waals surface area contributed by atoms with Gasteiger partial charge in [0.15, 0.2) is 0 Å². The van der Waals surface area contributed by atoms with Crippen LogP contribution in [0.15, 0.2) is 18.3 Å². The molecule has 0 spiro atoms. The van der Waals surface area contributed by atoms with E-state index in [0.29, 0.717) is 30.7 Å². The van der Waals surface area contributed by atoms with Crippen LogP contribution in [0.3, 0.4) is 0 Å². The lowest BCUT2D eigenvalue weighted by Crippen LogP contribution is -2.43. The fourth-order valence-electron chi connectivity index (χ4n) is 4.27. The first-order valence-corrected chi connectivity index (χ1v) is 8.90. The number of fused-ring (bicyclic) bond motifs is 1. The summed E-state index contributed by atoms with van der Waals surface area (Å²) in [4.78, 5) is 30.4. The van der Waals surface area contributed by atoms with Crippen molar-refractivity contribution in [3.8, 4) is 6.07 Å². The summed E-state index contributed by atoms with van der Waals surface area (Å²) in [5.74, 6) is 0.730. The van der Waals surface area contributed by atoms with Gasteiger partial charge in [0.25, 0.3) is 0 Å². The van der Waals surface area contributed by atoms with Crippen LogP contribution in [0.4, 0.5) is 15.9 Å². The smallest absolute Gasteiger partial charge is 0.311 e. The molecule has 3 fully saturated rings. The first-order chi connectivity index (χ1) is 13.0. The summed E-state index contributed by atoms with van der Waals surface area (Å²) in [6.45, 7) is 1.34. The molecule has 3 aliphatic rings. The Labute approximate surface area is 154 Å². The zero-order valence-electron chi connectivity index (χ0n) is 14.5. The SMILES string of the molecule is N#C[C@@H]1C[C@H](F)CN1C(=O)CNC1C2CN(c3ncccc3[N+](=O)[O-])CC21. The summed E-state index contributed by atoms with van der Waals surface area (Å²) < 4.78 is 13.4. The van der Waals surface area contributed by atoms with Gasteiger partial charge < -0.3 is 15.1 Å². The van der Waals surface area contributed by atoms with Crippen molar-refractivity contribution >= 4 is 17.4 Å². The Balaban J connectivity index is 1.30. The molecule has 1 aliphatic carbocycles. The maximum Gasteiger partial charge on any atom is 0.311 e. The van der Waals surface area contributed by atoms with Gasteiger partial charge in [-0.3, -0.25) is 14.9 Å². The van der Waals surface area contributed by atoms with Crippen LogP contribution in [0, 0.1) is 33.3 Å². The van der Waals surface area contributed by atoms with Crippen LogP contribution in [0.25, 0.3) is 0 Å². The van der Waals surface area contributed by atoms with Gasteiger partial charge in [-0.1, -0.05) is 0 Å². The van der Waals surface area contributed by atoms with Gasteiger partial charge in [-0.15, -0.1) is 0 Å². The van der Waals surface area contributed by atoms with Crippen LogP contribution in [-0.2, 0) is 4.79 Å². The van der Waals surface area contributed by atoms with Crippen molar-refractivity contribution in [2.45, 2.75) is 24.7 Å². The Kier molecular flexibility index (Phi) is 4.39. The highest BCUT2D eigenvalue weighted by molar-refractivity contribution is 5.79. The molecule has 9 nitrogen and oxygen atoms in total. The van der Waals surface area contributed by atoms with E-state index in [1.165, 1.54) is 11.0 Å². The number of anilines is 1. The second-order valence-electron chi connectivity index (χ2n) is 7.27. The third-order valence-corrected chi connectivity index (χ3v) is 5.66. The summed E-state index contributed by atoms with van der Waals surface area (Å²) >= 11 is 0. The van der Waals surface area contributed by atoms with Gasteiger partial charge in [-0.2, -0.15) is 5.26 Å². The molecular formula is C17H19FN6O3. The number of amides is 1. The quantitative estimate of drug-likeness (QED) is 0.588. The lowest BCUT2D eigenvalue weighted by atomic mass is 10.2. The van der Waals surface area contributed by atoms with Gasteiger partial charge in [0.1, 0.15) is 12.2 Å². The van der Waals surface area contributed by atoms with E-state index in [9.17, 15) is 19.3 Å². The number of nitro groups is 1. The molecule has 0 radical (unpaired) electrons. The van der Waals surface area contributed by atoms with Gasteiger partial charge in [0.2, 0.25) is 11.7 Å². The van der Waals surface area contributed by atoms with Gasteiger partial charge in [-0.25, -0.2) is 9.37 Å². The number of halogens is 1. The van der Waals surface area contributed by atoms with Gasteiger partial charge >= 0.3 is 5.69 Å². The molecule has 1 aromatic rings. The van der Waals surface area contributed by atoms with E-state index in [1.54, 1.807) is 12.3 Å². The molecule has 10 heteroatoms. The van der Waals surface area contributed by atoms with E-state index in [2.05, 4.69) is 10.3 Å². The number of hydrogen-bond acceptors (Lipinski definition) is 7. The summed E-state index contributed by atoms with van der Waals surface area (Å²) in [5, 5.41) is 23.4. The normalized spacial score (nSPS) is 31.5. The number of rotatable bonds is 5. The van der Waals surface area contributed by atoms with Crippen molar-refractivity contribution in [2.75, 3.05) is 31.1 Å². The molecule has 0 aromatic carbocycles. The van der Waals surface area contributed by atoms with E-state index in [1.807, 2.05) is 11.0 Å². The molecule has 142 valence electrons. The first kappa shape index (κ1) is 17.6. The summed E-state index contributed by atoms with van der Waals surface area (Å²) in [6, 6.07) is 4.44. The maximum atomic E-state index is 13.4. The fourth-order valence-corrected chi connectivity index (χ4v) is 4.27. The monoisotopic (exact) mass is 374 g/mol. The van der Waals surface area contributed by atoms with Crippen molar-refractivity contribution in [3.63, 3.8) is 0 Å². The molecule has 3 heterocycles. The number of hydrogen-bond donors (Lipinski definition) is 1. The number of nitriles is 1. The van der Waals surface area contributed by atoms with Crippen LogP contribution in [0.1, 0.15) is 6.42 Å². The van der Waals surface area contributed by atoms with Crippen LogP contribution in [0.2, 0.25) is 0 Å². The zero-order valence-corrected chi connectivity index (χ0v) is 14.5. The number of aromatic nitrogens is 1. The van der Waals surface area contributed by atoms with Crippen LogP contribution in [0.5, 0.6) is 0 Å². The van der Waals surface area contributed by atoms with E-state index in [-0.39, 0.29) is 37.1 Å². The number of carbonyl (C=O) groups excluding carboxylic acids is 1. The lowest BCUT2D eigenvalue weighted by molar-refractivity contribution is -0.384. The van der Waals surface area contributed by atoms with E-state index >= 15 is 0 Å². The predicted octanol–water partition coefficient (Wildman–Crippen LogP) is 0.477. The molecule has 2 aliphatic heterocycles. The minimum atomic E-state index is -1.14. The Morgan fingerprint density at radius 3 is 2.85 bits per heavy atom. The highest BCUT2D eigenvalue weighted by Gasteiger charge is 2.56. The second-order valence-corrected chi connectivity index (χ2v) is 7.27. The zero-order chi connectivity index (χ0) is 19.1. The number of likely N-dealkylation sites (tertiary alicyclic amines) is 1. The number of carbonyl (C=O) groups is 1. The third-order valence-electron chi connectivity index (χ3n) is 5.66. The molecule has 1 saturated carbocycles. The number of nitrogens with zero attached hydrogens (tertiary/aromatic N) is 5. The largest absolute Gasteiger partial charge is 0.350 e. The first-order valence-electron chi connectivity index (χ1n) is 8.90. The molecular weight excluding hydrogens is 355 g/mol. The highest BCUT2D eigenvalue weighted by atomic mass is 19.1. The van der Waals surface area contributed by atoms with Gasteiger partial charge in [-0.05, 0) is 17.9 Å². The van der Waals surface area contributed by atoms with Crippen molar-refractivity contribution in [3.05, 3.63) is 28.4 Å². The average Bonchev–Trinajstić information content (AvgIpc) is 3.00. The molecule has 0 bridgehead atoms. The molecule has 2 saturated heterocycles. The number of nitrogens with one attached hydrogen (secondary N) is 1. The Bertz CT molecular complexity index is 802. The molecule has 1 N–H and O–H groups in total. The second kappa shape index (κ2) is 6.74. The average molecular weight is 374 g/mol. The fraction of sp³-hybridized carbons (Fsp3) is 0.588. The lowest BCUT2D eigenvalue weighted by Gasteiger charge is -2.22. The molecule has 2 unspecified atom stereocenters. The van der Waals surface area contributed by atoms with Gasteiger partial charge in [0, 0.05) is 37.8 Å². The molecule has 4 rings (SSSR count). The van der Waals surface area contributed by atoms with Crippen molar-refractivity contribution in [1.82, 2.24) is 15.2 Å². The summed E-state index contributed by atoms with van der Waals surface area (Å²) in [5.41, 5.74) is -0.00385. The minimum absolute atomic E-state index is 0.00385. The van der Waals surface area contributed by atoms with Crippen LogP contribution in [-0.4, -0.2) is 65.1 Å². The Hall–Kier alpha value is -2.80. The van der Waals surface area contributed by atoms with Crippen molar-refractivity contribution < 1.29 is 14.1 Å². The molecule has 4 atom stereocenters. The van der Waals surface area contributed by atoms with E-state index < -0.39 is 17.1 Å². The summed E-state index contributed by atoms with van der Waals surface area (Å²) in [7, 11) is 0. The summed E-state index contributed by atoms with van der Waals surface area (Å²) in [6.07, 6.45) is 0.483. The number of alkyl halides is 1. The topological polar surface area (TPSA) is 115 Å². The van der Waals surface area contributed by atoms with Crippen molar-refractivity contribution in [2.24, 2.45) is 11.8 Å². The standard InChI is InChI=1S/C17H19FN6O3/c18-10-4-11(5-19)23(7-10)15(25)6-21-16-12-8-22(9-13(12)16)17-14(24(26)27)2-1-3-20-17/h1-3,10-13,16,21H,4,6-9H2/t10-,11-,12?,13?,16?/m0/s1. The van der Waals surface area contributed by atoms with Crippen LogP contribution >= 0.6 is 0 Å². The Morgan fingerprint density at radius 1 is 1.44 bits per heavy atom.